The lowest BCUT2D eigenvalue weighted by Gasteiger charge is -2.29. The van der Waals surface area contributed by atoms with E-state index in [0.717, 1.165) is 11.1 Å². The maximum Gasteiger partial charge on any atom is 0.347 e. The van der Waals surface area contributed by atoms with Gasteiger partial charge in [0.25, 0.3) is 0 Å². The fourth-order valence-electron chi connectivity index (χ4n) is 6.16. The first-order valence-electron chi connectivity index (χ1n) is 18.0. The van der Waals surface area contributed by atoms with E-state index in [1.165, 1.54) is 13.2 Å². The number of halogens is 1. The second-order valence-corrected chi connectivity index (χ2v) is 15.4. The summed E-state index contributed by atoms with van der Waals surface area (Å²) in [6.45, 7) is 10.2. The van der Waals surface area contributed by atoms with Crippen LogP contribution in [0.3, 0.4) is 0 Å². The molecule has 0 aromatic heterocycles. The van der Waals surface area contributed by atoms with E-state index < -0.39 is 47.4 Å². The van der Waals surface area contributed by atoms with E-state index in [9.17, 15) is 19.2 Å². The second-order valence-electron chi connectivity index (χ2n) is 15.0. The number of terminal acetylenes is 1. The van der Waals surface area contributed by atoms with E-state index in [1.807, 2.05) is 57.0 Å². The van der Waals surface area contributed by atoms with Crippen LogP contribution in [0.5, 0.6) is 5.75 Å². The average Bonchev–Trinajstić information content (AvgIpc) is 3.90. The van der Waals surface area contributed by atoms with Gasteiger partial charge < -0.3 is 29.6 Å². The minimum absolute atomic E-state index is 0.00548. The Balaban J connectivity index is 1.58. The molecule has 6 atom stereocenters. The Hall–Kier alpha value is -4.37. The van der Waals surface area contributed by atoms with Gasteiger partial charge in [-0.3, -0.25) is 19.3 Å². The largest absolute Gasteiger partial charge is 0.495 e. The molecule has 12 heteroatoms. The summed E-state index contributed by atoms with van der Waals surface area (Å²) in [4.78, 5) is 56.1. The molecule has 286 valence electrons. The van der Waals surface area contributed by atoms with Crippen LogP contribution in [0.15, 0.2) is 54.6 Å². The lowest BCUT2D eigenvalue weighted by Crippen LogP contribution is -2.51. The number of nitrogens with one attached hydrogen (secondary N) is 2. The fraction of sp³-hybridized carbons (Fsp3) is 0.512. The van der Waals surface area contributed by atoms with Crippen molar-refractivity contribution in [3.8, 4) is 18.1 Å². The summed E-state index contributed by atoms with van der Waals surface area (Å²) in [5, 5.41) is 5.92. The van der Waals surface area contributed by atoms with Crippen molar-refractivity contribution in [3.63, 3.8) is 0 Å². The molecular weight excluding hydrogens is 698 g/mol. The molecular formula is C41H52ClN3O8. The molecule has 1 fully saturated rings. The first-order chi connectivity index (χ1) is 25.1. The van der Waals surface area contributed by atoms with Crippen LogP contribution in [0.25, 0.3) is 0 Å². The monoisotopic (exact) mass is 749 g/mol. The van der Waals surface area contributed by atoms with Crippen LogP contribution >= 0.6 is 11.6 Å². The van der Waals surface area contributed by atoms with Crippen LogP contribution in [-0.4, -0.2) is 80.3 Å². The first kappa shape index (κ1) is 41.4. The third-order valence-corrected chi connectivity index (χ3v) is 9.70. The number of nitrogens with zero attached hydrogens (tertiary/aromatic N) is 1. The zero-order valence-corrected chi connectivity index (χ0v) is 32.4. The van der Waals surface area contributed by atoms with Crippen molar-refractivity contribution in [1.82, 2.24) is 15.5 Å². The number of rotatable bonds is 11. The Bertz CT molecular complexity index is 1680. The van der Waals surface area contributed by atoms with E-state index in [4.69, 9.17) is 37.0 Å². The van der Waals surface area contributed by atoms with Crippen LogP contribution in [0.2, 0.25) is 5.02 Å². The van der Waals surface area contributed by atoms with Gasteiger partial charge in [-0.15, -0.1) is 6.42 Å². The lowest BCUT2D eigenvalue weighted by molar-refractivity contribution is -0.179. The average molecular weight is 750 g/mol. The number of cyclic esters (lactones) is 2. The van der Waals surface area contributed by atoms with E-state index in [-0.39, 0.29) is 49.9 Å². The summed E-state index contributed by atoms with van der Waals surface area (Å²) in [6, 6.07) is 12.3. The molecule has 2 N–H and O–H groups in total. The molecule has 2 aliphatic heterocycles. The fourth-order valence-corrected chi connectivity index (χ4v) is 6.44. The molecule has 11 nitrogen and oxygen atoms in total. The van der Waals surface area contributed by atoms with Crippen LogP contribution in [0.4, 0.5) is 0 Å². The molecule has 0 radical (unpaired) electrons. The van der Waals surface area contributed by atoms with Crippen molar-refractivity contribution < 1.29 is 38.1 Å². The van der Waals surface area contributed by atoms with Gasteiger partial charge in [0.15, 0.2) is 6.10 Å². The molecule has 2 aromatic carbocycles. The molecule has 0 unspecified atom stereocenters. The number of esters is 2. The summed E-state index contributed by atoms with van der Waals surface area (Å²) in [5.41, 5.74) is 1.59. The number of carbonyl (C=O) groups is 4. The van der Waals surface area contributed by atoms with Gasteiger partial charge in [0.2, 0.25) is 11.8 Å². The molecule has 0 saturated carbocycles. The van der Waals surface area contributed by atoms with Crippen molar-refractivity contribution >= 4 is 35.4 Å². The highest BCUT2D eigenvalue weighted by atomic mass is 35.5. The summed E-state index contributed by atoms with van der Waals surface area (Å²) >= 11 is 6.34. The molecule has 53 heavy (non-hydrogen) atoms. The molecule has 0 bridgehead atoms. The smallest absolute Gasteiger partial charge is 0.347 e. The number of hydrogen-bond acceptors (Lipinski definition) is 9. The standard InChI is InChI=1S/C41H52ClN3O8/c1-9-19-45(7)23-27-13-16-29(17-14-27)37-36(53-37)26(4)32-11-10-12-35(46)44-31(22-28-15-18-33(50-8)30(42)21-28)38(47)43-24-41(5,6)40(49)52-34(20-25(2)3)39(48)51-32/h1,10,12-18,21,25-26,31-32,34,36-37H,11,19-20,22-24H2,2-8H3,(H,43,47)(H,44,46)/b12-10-/t26-,31+,32-,34-,36+,37+/m0/s1. The van der Waals surface area contributed by atoms with Crippen LogP contribution in [0, 0.1) is 29.6 Å². The lowest BCUT2D eigenvalue weighted by atomic mass is 9.92. The maximum absolute atomic E-state index is 13.7. The maximum atomic E-state index is 13.7. The predicted molar refractivity (Wildman–Crippen MR) is 202 cm³/mol. The van der Waals surface area contributed by atoms with Gasteiger partial charge in [0.1, 0.15) is 24.0 Å². The number of epoxide rings is 1. The number of benzene rings is 2. The number of methoxy groups -OCH3 is 1. The molecule has 2 aromatic rings. The summed E-state index contributed by atoms with van der Waals surface area (Å²) in [5.74, 6) is 0.482. The number of hydrogen-bond donors (Lipinski definition) is 2. The molecule has 1 saturated heterocycles. The highest BCUT2D eigenvalue weighted by molar-refractivity contribution is 6.32. The normalized spacial score (nSPS) is 25.0. The van der Waals surface area contributed by atoms with Gasteiger partial charge in [-0.25, -0.2) is 4.79 Å². The van der Waals surface area contributed by atoms with Gasteiger partial charge in [0.05, 0.1) is 30.2 Å². The quantitative estimate of drug-likeness (QED) is 0.181. The Morgan fingerprint density at radius 2 is 1.75 bits per heavy atom. The van der Waals surface area contributed by atoms with Crippen LogP contribution in [0.1, 0.15) is 70.3 Å². The SMILES string of the molecule is C#CCN(C)Cc1ccc([C@H]2O[C@@H]2[C@@H](C)[C@@H]2C/C=C\C(=O)N[C@H](Cc3ccc(OC)c(Cl)c3)C(=O)NCC(C)(C)C(=O)O[C@@H](CC(C)C)C(=O)O2)cc1. The third kappa shape index (κ3) is 11.8. The molecule has 4 rings (SSSR count). The minimum atomic E-state index is -1.21. The Labute approximate surface area is 318 Å². The van der Waals surface area contributed by atoms with E-state index >= 15 is 0 Å². The summed E-state index contributed by atoms with van der Waals surface area (Å²) < 4.78 is 23.3. The third-order valence-electron chi connectivity index (χ3n) is 9.40. The Morgan fingerprint density at radius 1 is 1.06 bits per heavy atom. The zero-order chi connectivity index (χ0) is 38.9. The predicted octanol–water partition coefficient (Wildman–Crippen LogP) is 5.19. The number of amides is 2. The molecule has 2 aliphatic rings. The van der Waals surface area contributed by atoms with Crippen molar-refractivity contribution in [1.29, 1.82) is 0 Å². The van der Waals surface area contributed by atoms with Crippen molar-refractivity contribution in [3.05, 3.63) is 76.3 Å². The number of ether oxygens (including phenoxy) is 4. The van der Waals surface area contributed by atoms with Crippen molar-refractivity contribution in [2.45, 2.75) is 90.9 Å². The molecule has 0 aliphatic carbocycles. The Morgan fingerprint density at radius 3 is 2.40 bits per heavy atom. The van der Waals surface area contributed by atoms with Gasteiger partial charge in [-0.2, -0.15) is 0 Å². The molecule has 2 amide bonds. The van der Waals surface area contributed by atoms with Gasteiger partial charge in [-0.05, 0) is 68.1 Å². The highest BCUT2D eigenvalue weighted by Crippen LogP contribution is 2.45. The van der Waals surface area contributed by atoms with Crippen molar-refractivity contribution in [2.75, 3.05) is 27.2 Å². The van der Waals surface area contributed by atoms with Crippen LogP contribution < -0.4 is 15.4 Å². The highest BCUT2D eigenvalue weighted by Gasteiger charge is 2.48. The van der Waals surface area contributed by atoms with E-state index in [2.05, 4.69) is 16.6 Å². The minimum Gasteiger partial charge on any atom is -0.495 e. The molecule has 0 spiro atoms. The van der Waals surface area contributed by atoms with Gasteiger partial charge >= 0.3 is 11.9 Å². The van der Waals surface area contributed by atoms with E-state index in [1.54, 1.807) is 38.1 Å². The Kier molecular flexibility index (Phi) is 14.5. The summed E-state index contributed by atoms with van der Waals surface area (Å²) in [6.07, 6.45) is 6.57. The first-order valence-corrected chi connectivity index (χ1v) is 18.3. The molecule has 2 heterocycles. The van der Waals surface area contributed by atoms with E-state index in [0.29, 0.717) is 29.4 Å². The zero-order valence-electron chi connectivity index (χ0n) is 31.6. The van der Waals surface area contributed by atoms with Crippen LogP contribution in [-0.2, 0) is 46.4 Å². The van der Waals surface area contributed by atoms with Gasteiger partial charge in [0, 0.05) is 31.8 Å². The second kappa shape index (κ2) is 18.6. The summed E-state index contributed by atoms with van der Waals surface area (Å²) in [7, 11) is 3.47. The number of carbonyl (C=O) groups excluding carboxylic acids is 4. The topological polar surface area (TPSA) is 136 Å². The van der Waals surface area contributed by atoms with Crippen molar-refractivity contribution in [2.24, 2.45) is 17.3 Å². The van der Waals surface area contributed by atoms with Gasteiger partial charge in [-0.1, -0.05) is 74.7 Å².